The van der Waals surface area contributed by atoms with Crippen LogP contribution >= 0.6 is 0 Å². The third-order valence-corrected chi connectivity index (χ3v) is 3.14. The molecule has 0 aromatic carbocycles. The second kappa shape index (κ2) is 4.51. The van der Waals surface area contributed by atoms with Gasteiger partial charge < -0.3 is 15.0 Å². The van der Waals surface area contributed by atoms with Crippen LogP contribution in [0.25, 0.3) is 0 Å². The number of hydrogen-bond acceptors (Lipinski definition) is 5. The maximum atomic E-state index is 5.84. The minimum absolute atomic E-state index is 0.173. The molecule has 1 aliphatic rings. The summed E-state index contributed by atoms with van der Waals surface area (Å²) in [5, 5.41) is 3.99. The first-order chi connectivity index (χ1) is 7.65. The van der Waals surface area contributed by atoms with Crippen LogP contribution < -0.4 is 5.73 Å². The van der Waals surface area contributed by atoms with Crippen molar-refractivity contribution in [2.75, 3.05) is 6.61 Å². The van der Waals surface area contributed by atoms with Crippen LogP contribution in [0.15, 0.2) is 4.52 Å². The molecule has 0 bridgehead atoms. The average molecular weight is 225 g/mol. The SMILES string of the molecule is CC[C@H](N)c1nc(C2(C)CCCCO2)no1. The van der Waals surface area contributed by atoms with E-state index < -0.39 is 5.60 Å². The third-order valence-electron chi connectivity index (χ3n) is 3.14. The molecule has 1 aliphatic heterocycles. The van der Waals surface area contributed by atoms with E-state index in [1.54, 1.807) is 0 Å². The van der Waals surface area contributed by atoms with Crippen LogP contribution in [0.4, 0.5) is 0 Å². The fourth-order valence-electron chi connectivity index (χ4n) is 1.89. The van der Waals surface area contributed by atoms with Crippen molar-refractivity contribution < 1.29 is 9.26 Å². The molecule has 2 N–H and O–H groups in total. The zero-order valence-corrected chi connectivity index (χ0v) is 9.90. The van der Waals surface area contributed by atoms with Gasteiger partial charge in [-0.25, -0.2) is 0 Å². The number of nitrogens with zero attached hydrogens (tertiary/aromatic N) is 2. The molecule has 1 aromatic rings. The predicted octanol–water partition coefficient (Wildman–Crippen LogP) is 1.90. The lowest BCUT2D eigenvalue weighted by Crippen LogP contribution is -2.31. The summed E-state index contributed by atoms with van der Waals surface area (Å²) >= 11 is 0. The molecule has 1 fully saturated rings. The Morgan fingerprint density at radius 2 is 2.31 bits per heavy atom. The molecule has 1 aromatic heterocycles. The molecule has 2 rings (SSSR count). The van der Waals surface area contributed by atoms with Crippen molar-refractivity contribution in [1.82, 2.24) is 10.1 Å². The molecule has 5 heteroatoms. The first-order valence-electron chi connectivity index (χ1n) is 5.89. The Morgan fingerprint density at radius 3 is 2.94 bits per heavy atom. The Bertz CT molecular complexity index is 345. The number of hydrogen-bond donors (Lipinski definition) is 1. The minimum Gasteiger partial charge on any atom is -0.367 e. The molecule has 1 saturated heterocycles. The molecular weight excluding hydrogens is 206 g/mol. The summed E-state index contributed by atoms with van der Waals surface area (Å²) < 4.78 is 10.9. The highest BCUT2D eigenvalue weighted by Gasteiger charge is 2.35. The number of rotatable bonds is 3. The van der Waals surface area contributed by atoms with Crippen LogP contribution in [0.1, 0.15) is 57.3 Å². The summed E-state index contributed by atoms with van der Waals surface area (Å²) in [5.74, 6) is 1.14. The first kappa shape index (κ1) is 11.5. The van der Waals surface area contributed by atoms with Crippen LogP contribution in [0.5, 0.6) is 0 Å². The van der Waals surface area contributed by atoms with Crippen molar-refractivity contribution >= 4 is 0 Å². The summed E-state index contributed by atoms with van der Waals surface area (Å²) in [6, 6.07) is -0.173. The monoisotopic (exact) mass is 225 g/mol. The Morgan fingerprint density at radius 1 is 1.50 bits per heavy atom. The van der Waals surface area contributed by atoms with Gasteiger partial charge in [0.05, 0.1) is 6.04 Å². The smallest absolute Gasteiger partial charge is 0.243 e. The number of ether oxygens (including phenoxy) is 1. The van der Waals surface area contributed by atoms with Gasteiger partial charge >= 0.3 is 0 Å². The molecule has 90 valence electrons. The summed E-state index contributed by atoms with van der Waals surface area (Å²) in [6.45, 7) is 4.77. The van der Waals surface area contributed by atoms with E-state index in [1.165, 1.54) is 0 Å². The average Bonchev–Trinajstić information content (AvgIpc) is 2.79. The van der Waals surface area contributed by atoms with Crippen molar-refractivity contribution in [3.05, 3.63) is 11.7 Å². The Labute approximate surface area is 95.3 Å². The lowest BCUT2D eigenvalue weighted by molar-refractivity contribution is -0.0770. The van der Waals surface area contributed by atoms with Crippen LogP contribution in [0.3, 0.4) is 0 Å². The van der Waals surface area contributed by atoms with Gasteiger partial charge in [0.1, 0.15) is 5.60 Å². The maximum Gasteiger partial charge on any atom is 0.243 e. The molecule has 0 radical (unpaired) electrons. The van der Waals surface area contributed by atoms with Gasteiger partial charge in [-0.2, -0.15) is 4.98 Å². The van der Waals surface area contributed by atoms with Gasteiger partial charge in [-0.3, -0.25) is 0 Å². The van der Waals surface area contributed by atoms with E-state index in [9.17, 15) is 0 Å². The van der Waals surface area contributed by atoms with E-state index in [2.05, 4.69) is 10.1 Å². The molecule has 2 atom stereocenters. The zero-order valence-electron chi connectivity index (χ0n) is 9.90. The van der Waals surface area contributed by atoms with Crippen molar-refractivity contribution in [3.63, 3.8) is 0 Å². The fraction of sp³-hybridized carbons (Fsp3) is 0.818. The summed E-state index contributed by atoms with van der Waals surface area (Å²) in [7, 11) is 0. The van der Waals surface area contributed by atoms with Crippen molar-refractivity contribution in [2.24, 2.45) is 5.73 Å². The second-order valence-corrected chi connectivity index (χ2v) is 4.51. The van der Waals surface area contributed by atoms with E-state index in [1.807, 2.05) is 13.8 Å². The summed E-state index contributed by atoms with van der Waals surface area (Å²) in [5.41, 5.74) is 5.45. The Kier molecular flexibility index (Phi) is 3.25. The normalized spacial score (nSPS) is 27.9. The molecular formula is C11H19N3O2. The van der Waals surface area contributed by atoms with Crippen molar-refractivity contribution in [2.45, 2.75) is 51.2 Å². The van der Waals surface area contributed by atoms with E-state index in [0.717, 1.165) is 32.3 Å². The molecule has 5 nitrogen and oxygen atoms in total. The van der Waals surface area contributed by atoms with Gasteiger partial charge in [0.2, 0.25) is 11.7 Å². The van der Waals surface area contributed by atoms with Gasteiger partial charge in [0.25, 0.3) is 0 Å². The number of nitrogens with two attached hydrogens (primary N) is 1. The summed E-state index contributed by atoms with van der Waals surface area (Å²) in [6.07, 6.45) is 3.97. The van der Waals surface area contributed by atoms with Crippen LogP contribution in [-0.4, -0.2) is 16.7 Å². The van der Waals surface area contributed by atoms with E-state index in [4.69, 9.17) is 15.0 Å². The minimum atomic E-state index is -0.395. The van der Waals surface area contributed by atoms with Crippen LogP contribution in [-0.2, 0) is 10.3 Å². The van der Waals surface area contributed by atoms with E-state index in [-0.39, 0.29) is 6.04 Å². The first-order valence-corrected chi connectivity index (χ1v) is 5.89. The third kappa shape index (κ3) is 2.10. The van der Waals surface area contributed by atoms with Gasteiger partial charge in [-0.15, -0.1) is 0 Å². The van der Waals surface area contributed by atoms with Crippen molar-refractivity contribution in [3.8, 4) is 0 Å². The van der Waals surface area contributed by atoms with Gasteiger partial charge in [0.15, 0.2) is 0 Å². The maximum absolute atomic E-state index is 5.84. The van der Waals surface area contributed by atoms with Gasteiger partial charge in [-0.1, -0.05) is 12.1 Å². The van der Waals surface area contributed by atoms with Gasteiger partial charge in [0, 0.05) is 6.61 Å². The quantitative estimate of drug-likeness (QED) is 0.850. The van der Waals surface area contributed by atoms with E-state index >= 15 is 0 Å². The highest BCUT2D eigenvalue weighted by Crippen LogP contribution is 2.33. The van der Waals surface area contributed by atoms with Crippen molar-refractivity contribution in [1.29, 1.82) is 0 Å². The topological polar surface area (TPSA) is 74.2 Å². The lowest BCUT2D eigenvalue weighted by Gasteiger charge is -2.30. The molecule has 16 heavy (non-hydrogen) atoms. The fourth-order valence-corrected chi connectivity index (χ4v) is 1.89. The van der Waals surface area contributed by atoms with Crippen LogP contribution in [0.2, 0.25) is 0 Å². The lowest BCUT2D eigenvalue weighted by atomic mass is 9.95. The van der Waals surface area contributed by atoms with Gasteiger partial charge in [-0.05, 0) is 32.6 Å². The zero-order chi connectivity index (χ0) is 11.6. The van der Waals surface area contributed by atoms with E-state index in [0.29, 0.717) is 11.7 Å². The Balaban J connectivity index is 2.17. The number of aromatic nitrogens is 2. The molecule has 2 heterocycles. The highest BCUT2D eigenvalue weighted by molar-refractivity contribution is 5.02. The molecule has 0 saturated carbocycles. The predicted molar refractivity (Wildman–Crippen MR) is 58.7 cm³/mol. The van der Waals surface area contributed by atoms with Crippen LogP contribution in [0, 0.1) is 0 Å². The second-order valence-electron chi connectivity index (χ2n) is 4.51. The molecule has 0 amide bonds. The molecule has 1 unspecified atom stereocenters. The highest BCUT2D eigenvalue weighted by atomic mass is 16.5. The molecule has 0 spiro atoms. The Hall–Kier alpha value is -0.940. The largest absolute Gasteiger partial charge is 0.367 e. The standard InChI is InChI=1S/C11H19N3O2/c1-3-8(12)9-13-10(14-16-9)11(2)6-4-5-7-15-11/h8H,3-7,12H2,1-2H3/t8-,11?/m0/s1. The molecule has 0 aliphatic carbocycles. The summed E-state index contributed by atoms with van der Waals surface area (Å²) in [4.78, 5) is 4.35.